The van der Waals surface area contributed by atoms with Gasteiger partial charge in [-0.1, -0.05) is 11.6 Å². The summed E-state index contributed by atoms with van der Waals surface area (Å²) < 4.78 is 5.51. The van der Waals surface area contributed by atoms with Gasteiger partial charge >= 0.3 is 0 Å². The van der Waals surface area contributed by atoms with Crippen molar-refractivity contribution in [3.8, 4) is 17.4 Å². The van der Waals surface area contributed by atoms with Crippen molar-refractivity contribution in [2.45, 2.75) is 0 Å². The number of hydrogen-bond acceptors (Lipinski definition) is 6. The minimum atomic E-state index is -0.379. The number of nitrogens with zero attached hydrogens (tertiary/aromatic N) is 3. The van der Waals surface area contributed by atoms with Crippen molar-refractivity contribution in [1.29, 1.82) is 0 Å². The van der Waals surface area contributed by atoms with E-state index in [2.05, 4.69) is 20.5 Å². The van der Waals surface area contributed by atoms with Crippen LogP contribution in [0.15, 0.2) is 54.9 Å². The largest absolute Gasteiger partial charge is 0.506 e. The Morgan fingerprint density at radius 2 is 1.88 bits per heavy atom. The number of ether oxygens (including phenoxy) is 1. The first-order valence-corrected chi connectivity index (χ1v) is 7.20. The number of anilines is 1. The number of hydrogen-bond donors (Lipinski definition) is 2. The van der Waals surface area contributed by atoms with Crippen molar-refractivity contribution in [2.75, 3.05) is 5.32 Å². The summed E-state index contributed by atoms with van der Waals surface area (Å²) in [6.07, 6.45) is 2.62. The second-order valence-electron chi connectivity index (χ2n) is 4.71. The third kappa shape index (κ3) is 3.96. The summed E-state index contributed by atoms with van der Waals surface area (Å²) in [5, 5.41) is 19.8. The minimum absolute atomic E-state index is 0.0736. The molecule has 0 saturated carbocycles. The lowest BCUT2D eigenvalue weighted by Gasteiger charge is -2.07. The van der Waals surface area contributed by atoms with Gasteiger partial charge in [-0.15, -0.1) is 10.2 Å². The third-order valence-electron chi connectivity index (χ3n) is 2.93. The molecule has 0 aliphatic rings. The molecule has 2 heterocycles. The van der Waals surface area contributed by atoms with Gasteiger partial charge in [0.05, 0.1) is 11.8 Å². The van der Waals surface area contributed by atoms with Gasteiger partial charge in [0.15, 0.2) is 5.15 Å². The number of carbonyl (C=O) groups excluding carboxylic acids is 1. The van der Waals surface area contributed by atoms with Gasteiger partial charge in [-0.25, -0.2) is 0 Å². The van der Waals surface area contributed by atoms with E-state index in [1.165, 1.54) is 18.5 Å². The van der Waals surface area contributed by atoms with Crippen molar-refractivity contribution < 1.29 is 14.6 Å². The normalized spacial score (nSPS) is 10.2. The van der Waals surface area contributed by atoms with Gasteiger partial charge in [0, 0.05) is 18.0 Å². The van der Waals surface area contributed by atoms with Crippen LogP contribution in [0.5, 0.6) is 17.4 Å². The van der Waals surface area contributed by atoms with Crippen LogP contribution >= 0.6 is 11.6 Å². The SMILES string of the molecule is O=C(Nc1ccc(Oc2ccc(Cl)nn2)cc1)c1cncc(O)c1. The zero-order valence-electron chi connectivity index (χ0n) is 12.2. The summed E-state index contributed by atoms with van der Waals surface area (Å²) in [5.74, 6) is 0.386. The fourth-order valence-electron chi connectivity index (χ4n) is 1.84. The molecule has 2 aromatic heterocycles. The van der Waals surface area contributed by atoms with Gasteiger partial charge < -0.3 is 15.2 Å². The molecule has 0 aliphatic heterocycles. The van der Waals surface area contributed by atoms with E-state index in [0.29, 0.717) is 17.3 Å². The number of benzene rings is 1. The number of aromatic hydroxyl groups is 1. The van der Waals surface area contributed by atoms with E-state index in [4.69, 9.17) is 16.3 Å². The minimum Gasteiger partial charge on any atom is -0.506 e. The van der Waals surface area contributed by atoms with E-state index in [0.717, 1.165) is 0 Å². The molecule has 0 fully saturated rings. The zero-order valence-corrected chi connectivity index (χ0v) is 12.9. The monoisotopic (exact) mass is 342 g/mol. The topological polar surface area (TPSA) is 97.2 Å². The second-order valence-corrected chi connectivity index (χ2v) is 5.09. The zero-order chi connectivity index (χ0) is 16.9. The van der Waals surface area contributed by atoms with Gasteiger partial charge in [0.1, 0.15) is 11.5 Å². The van der Waals surface area contributed by atoms with E-state index < -0.39 is 0 Å². The van der Waals surface area contributed by atoms with Crippen molar-refractivity contribution in [3.63, 3.8) is 0 Å². The highest BCUT2D eigenvalue weighted by Crippen LogP contribution is 2.22. The molecule has 3 aromatic rings. The molecule has 2 N–H and O–H groups in total. The Morgan fingerprint density at radius 1 is 1.08 bits per heavy atom. The number of nitrogens with one attached hydrogen (secondary N) is 1. The van der Waals surface area contributed by atoms with E-state index in [9.17, 15) is 9.90 Å². The highest BCUT2D eigenvalue weighted by Gasteiger charge is 2.08. The maximum absolute atomic E-state index is 12.0. The van der Waals surface area contributed by atoms with E-state index >= 15 is 0 Å². The molecule has 8 heteroatoms. The van der Waals surface area contributed by atoms with Crippen LogP contribution in [0.2, 0.25) is 5.15 Å². The Hall–Kier alpha value is -3.19. The van der Waals surface area contributed by atoms with E-state index in [1.54, 1.807) is 36.4 Å². The summed E-state index contributed by atoms with van der Waals surface area (Å²) in [4.78, 5) is 15.8. The Kier molecular flexibility index (Phi) is 4.53. The molecule has 0 aliphatic carbocycles. The van der Waals surface area contributed by atoms with Crippen molar-refractivity contribution in [1.82, 2.24) is 15.2 Å². The Labute approximate surface area is 141 Å². The highest BCUT2D eigenvalue weighted by atomic mass is 35.5. The number of amides is 1. The number of halogens is 1. The quantitative estimate of drug-likeness (QED) is 0.755. The molecular weight excluding hydrogens is 332 g/mol. The average molecular weight is 343 g/mol. The predicted molar refractivity (Wildman–Crippen MR) is 87.4 cm³/mol. The summed E-state index contributed by atoms with van der Waals surface area (Å²) in [5.41, 5.74) is 0.824. The van der Waals surface area contributed by atoms with Crippen LogP contribution < -0.4 is 10.1 Å². The van der Waals surface area contributed by atoms with E-state index in [1.807, 2.05) is 0 Å². The lowest BCUT2D eigenvalue weighted by molar-refractivity contribution is 0.102. The molecule has 1 amide bonds. The van der Waals surface area contributed by atoms with Crippen LogP contribution in [0, 0.1) is 0 Å². The first-order chi connectivity index (χ1) is 11.6. The molecule has 24 heavy (non-hydrogen) atoms. The van der Waals surface area contributed by atoms with E-state index in [-0.39, 0.29) is 22.4 Å². The lowest BCUT2D eigenvalue weighted by Crippen LogP contribution is -2.11. The fraction of sp³-hybridized carbons (Fsp3) is 0. The van der Waals surface area contributed by atoms with Crippen molar-refractivity contribution in [3.05, 3.63) is 65.6 Å². The van der Waals surface area contributed by atoms with Gasteiger partial charge in [-0.05, 0) is 36.4 Å². The van der Waals surface area contributed by atoms with Crippen LogP contribution in [-0.2, 0) is 0 Å². The molecule has 7 nitrogen and oxygen atoms in total. The van der Waals surface area contributed by atoms with Crippen LogP contribution in [0.1, 0.15) is 10.4 Å². The Balaban J connectivity index is 1.66. The summed E-state index contributed by atoms with van der Waals surface area (Å²) in [7, 11) is 0. The van der Waals surface area contributed by atoms with Gasteiger partial charge in [0.2, 0.25) is 5.88 Å². The summed E-state index contributed by atoms with van der Waals surface area (Å²) in [6, 6.07) is 11.2. The average Bonchev–Trinajstić information content (AvgIpc) is 2.59. The van der Waals surface area contributed by atoms with Gasteiger partial charge in [-0.2, -0.15) is 0 Å². The maximum Gasteiger partial charge on any atom is 0.257 e. The molecular formula is C16H11ClN4O3. The van der Waals surface area contributed by atoms with Crippen LogP contribution in [0.3, 0.4) is 0 Å². The molecule has 120 valence electrons. The molecule has 0 atom stereocenters. The first kappa shape index (κ1) is 15.7. The number of aromatic nitrogens is 3. The van der Waals surface area contributed by atoms with Crippen LogP contribution in [0.25, 0.3) is 0 Å². The molecule has 0 radical (unpaired) electrons. The molecule has 0 unspecified atom stereocenters. The lowest BCUT2D eigenvalue weighted by atomic mass is 10.2. The Bertz CT molecular complexity index is 854. The smallest absolute Gasteiger partial charge is 0.257 e. The van der Waals surface area contributed by atoms with Gasteiger partial charge in [0.25, 0.3) is 5.91 Å². The fourth-order valence-corrected chi connectivity index (χ4v) is 1.94. The highest BCUT2D eigenvalue weighted by molar-refractivity contribution is 6.29. The second kappa shape index (κ2) is 6.93. The number of rotatable bonds is 4. The first-order valence-electron chi connectivity index (χ1n) is 6.83. The predicted octanol–water partition coefficient (Wildman–Crippen LogP) is 3.28. The van der Waals surface area contributed by atoms with Gasteiger partial charge in [-0.3, -0.25) is 9.78 Å². The molecule has 1 aromatic carbocycles. The van der Waals surface area contributed by atoms with Crippen LogP contribution in [-0.4, -0.2) is 26.2 Å². The summed E-state index contributed by atoms with van der Waals surface area (Å²) in [6.45, 7) is 0. The Morgan fingerprint density at radius 3 is 2.54 bits per heavy atom. The molecule has 0 spiro atoms. The number of carbonyl (C=O) groups is 1. The third-order valence-corrected chi connectivity index (χ3v) is 3.13. The standard InChI is InChI=1S/C16H11ClN4O3/c17-14-5-6-15(21-20-14)24-13-3-1-11(2-4-13)19-16(23)10-7-12(22)9-18-8-10/h1-9,22H,(H,19,23). The molecule has 0 bridgehead atoms. The molecule has 3 rings (SSSR count). The number of pyridine rings is 1. The molecule has 0 saturated heterocycles. The summed E-state index contributed by atoms with van der Waals surface area (Å²) >= 11 is 5.65. The van der Waals surface area contributed by atoms with Crippen molar-refractivity contribution in [2.24, 2.45) is 0 Å². The maximum atomic E-state index is 12.0. The van der Waals surface area contributed by atoms with Crippen molar-refractivity contribution >= 4 is 23.2 Å². The van der Waals surface area contributed by atoms with Crippen LogP contribution in [0.4, 0.5) is 5.69 Å².